The summed E-state index contributed by atoms with van der Waals surface area (Å²) in [6, 6.07) is 5.31. The predicted molar refractivity (Wildman–Crippen MR) is 72.0 cm³/mol. The summed E-state index contributed by atoms with van der Waals surface area (Å²) in [7, 11) is 1.63. The Morgan fingerprint density at radius 3 is 3.00 bits per heavy atom. The molecule has 0 fully saturated rings. The molecule has 3 N–H and O–H groups in total. The van der Waals surface area contributed by atoms with Crippen LogP contribution in [-0.2, 0) is 16.0 Å². The van der Waals surface area contributed by atoms with Crippen molar-refractivity contribution in [2.75, 3.05) is 30.4 Å². The fourth-order valence-corrected chi connectivity index (χ4v) is 1.97. The number of amides is 1. The molecule has 20 heavy (non-hydrogen) atoms. The molecule has 0 bridgehead atoms. The number of nitrogens with one attached hydrogen (secondary N) is 1. The zero-order chi connectivity index (χ0) is 14.7. The molecule has 1 amide bonds. The van der Waals surface area contributed by atoms with Crippen molar-refractivity contribution in [3.05, 3.63) is 23.8 Å². The van der Waals surface area contributed by atoms with Crippen LogP contribution in [0, 0.1) is 0 Å². The van der Waals surface area contributed by atoms with Gasteiger partial charge in [0.1, 0.15) is 0 Å². The number of hydrogen-bond donors (Lipinski definition) is 3. The maximum atomic E-state index is 11.5. The molecule has 1 aromatic rings. The molecule has 0 aromatic heterocycles. The lowest BCUT2D eigenvalue weighted by Gasteiger charge is -2.17. The third kappa shape index (κ3) is 3.00. The fraction of sp³-hybridized carbons (Fsp3) is 0.385. The number of anilines is 2. The number of ether oxygens (including phenoxy) is 1. The van der Waals surface area contributed by atoms with E-state index in [0.29, 0.717) is 18.7 Å². The van der Waals surface area contributed by atoms with Crippen LogP contribution in [0.5, 0.6) is 0 Å². The number of cyclic esters (lactones) is 1. The van der Waals surface area contributed by atoms with E-state index < -0.39 is 18.2 Å². The Labute approximate surface area is 115 Å². The monoisotopic (exact) mass is 280 g/mol. The lowest BCUT2D eigenvalue weighted by Crippen LogP contribution is -2.28. The number of benzene rings is 1. The van der Waals surface area contributed by atoms with E-state index in [1.807, 2.05) is 6.07 Å². The minimum atomic E-state index is -1.46. The quantitative estimate of drug-likeness (QED) is 0.750. The first-order valence-corrected chi connectivity index (χ1v) is 6.17. The predicted octanol–water partition coefficient (Wildman–Crippen LogP) is 0.673. The van der Waals surface area contributed by atoms with E-state index in [0.717, 1.165) is 11.3 Å². The van der Waals surface area contributed by atoms with E-state index in [4.69, 9.17) is 9.84 Å². The number of aliphatic hydroxyl groups excluding tert-OH is 1. The molecule has 1 aliphatic heterocycles. The van der Waals surface area contributed by atoms with Crippen molar-refractivity contribution in [2.45, 2.75) is 12.5 Å². The minimum Gasteiger partial charge on any atom is -0.479 e. The molecule has 0 aliphatic carbocycles. The van der Waals surface area contributed by atoms with Gasteiger partial charge in [-0.25, -0.2) is 9.59 Å². The molecule has 1 atom stereocenters. The molecule has 0 radical (unpaired) electrons. The summed E-state index contributed by atoms with van der Waals surface area (Å²) in [5.74, 6) is -1.27. The Kier molecular flexibility index (Phi) is 4.09. The van der Waals surface area contributed by atoms with Crippen molar-refractivity contribution >= 4 is 23.4 Å². The lowest BCUT2D eigenvalue weighted by atomic mass is 10.1. The Balaban J connectivity index is 2.13. The van der Waals surface area contributed by atoms with Crippen molar-refractivity contribution in [1.29, 1.82) is 0 Å². The van der Waals surface area contributed by atoms with Gasteiger partial charge in [-0.15, -0.1) is 0 Å². The second kappa shape index (κ2) is 5.79. The highest BCUT2D eigenvalue weighted by Crippen LogP contribution is 2.26. The molecule has 2 rings (SSSR count). The van der Waals surface area contributed by atoms with Gasteiger partial charge < -0.3 is 20.3 Å². The smallest absolute Gasteiger partial charge is 0.414 e. The van der Waals surface area contributed by atoms with Crippen LogP contribution in [0.4, 0.5) is 16.2 Å². The van der Waals surface area contributed by atoms with Gasteiger partial charge in [0.25, 0.3) is 0 Å². The van der Waals surface area contributed by atoms with Crippen LogP contribution >= 0.6 is 0 Å². The number of carboxylic acids is 1. The van der Waals surface area contributed by atoms with Gasteiger partial charge in [-0.1, -0.05) is 0 Å². The average molecular weight is 280 g/mol. The number of carboxylic acid groups (broad SMARTS) is 1. The number of nitrogens with zero attached hydrogens (tertiary/aromatic N) is 1. The van der Waals surface area contributed by atoms with Crippen LogP contribution in [0.2, 0.25) is 0 Å². The third-order valence-corrected chi connectivity index (χ3v) is 3.10. The number of carbonyl (C=O) groups excluding carboxylic acids is 1. The second-order valence-electron chi connectivity index (χ2n) is 4.50. The van der Waals surface area contributed by atoms with Gasteiger partial charge in [-0.2, -0.15) is 0 Å². The van der Waals surface area contributed by atoms with Crippen molar-refractivity contribution in [3.8, 4) is 0 Å². The molecule has 1 aromatic carbocycles. The van der Waals surface area contributed by atoms with Gasteiger partial charge in [-0.3, -0.25) is 4.90 Å². The van der Waals surface area contributed by atoms with E-state index in [2.05, 4.69) is 5.32 Å². The number of carbonyl (C=O) groups is 2. The van der Waals surface area contributed by atoms with Gasteiger partial charge in [-0.05, 0) is 23.8 Å². The van der Waals surface area contributed by atoms with Crippen LogP contribution in [-0.4, -0.2) is 48.6 Å². The highest BCUT2D eigenvalue weighted by molar-refractivity contribution is 5.89. The maximum Gasteiger partial charge on any atom is 0.414 e. The first-order chi connectivity index (χ1) is 9.49. The second-order valence-corrected chi connectivity index (χ2v) is 4.50. The standard InChI is InChI=1S/C13H16N2O5/c1-15-10-3-2-9(14-7-11(16)12(17)18)6-8(10)4-5-20-13(15)19/h2-3,6,11,14,16H,4-5,7H2,1H3,(H,17,18)/t11-/m1/s1. The van der Waals surface area contributed by atoms with Crippen molar-refractivity contribution in [2.24, 2.45) is 0 Å². The normalized spacial score (nSPS) is 15.9. The fourth-order valence-electron chi connectivity index (χ4n) is 1.97. The van der Waals surface area contributed by atoms with E-state index in [9.17, 15) is 14.7 Å². The van der Waals surface area contributed by atoms with Crippen LogP contribution in [0.3, 0.4) is 0 Å². The summed E-state index contributed by atoms with van der Waals surface area (Å²) in [6.07, 6.45) is -1.27. The first-order valence-electron chi connectivity index (χ1n) is 6.17. The van der Waals surface area contributed by atoms with E-state index in [1.165, 1.54) is 4.90 Å². The molecule has 7 nitrogen and oxygen atoms in total. The zero-order valence-electron chi connectivity index (χ0n) is 11.0. The van der Waals surface area contributed by atoms with E-state index in [-0.39, 0.29) is 6.54 Å². The molecule has 1 heterocycles. The Morgan fingerprint density at radius 2 is 2.30 bits per heavy atom. The summed E-state index contributed by atoms with van der Waals surface area (Å²) in [5.41, 5.74) is 2.37. The number of hydrogen-bond acceptors (Lipinski definition) is 5. The summed E-state index contributed by atoms with van der Waals surface area (Å²) >= 11 is 0. The molecule has 7 heteroatoms. The van der Waals surface area contributed by atoms with Crippen LogP contribution in [0.1, 0.15) is 5.56 Å². The van der Waals surface area contributed by atoms with Gasteiger partial charge in [0.15, 0.2) is 6.10 Å². The third-order valence-electron chi connectivity index (χ3n) is 3.10. The van der Waals surface area contributed by atoms with E-state index in [1.54, 1.807) is 19.2 Å². The summed E-state index contributed by atoms with van der Waals surface area (Å²) in [5, 5.41) is 20.7. The lowest BCUT2D eigenvalue weighted by molar-refractivity contribution is -0.145. The minimum absolute atomic E-state index is 0.0839. The molecule has 108 valence electrons. The van der Waals surface area contributed by atoms with Crippen molar-refractivity contribution in [1.82, 2.24) is 0 Å². The highest BCUT2D eigenvalue weighted by atomic mass is 16.6. The molecule has 0 spiro atoms. The van der Waals surface area contributed by atoms with Crippen LogP contribution < -0.4 is 10.2 Å². The maximum absolute atomic E-state index is 11.5. The zero-order valence-corrected chi connectivity index (χ0v) is 11.0. The molecular weight excluding hydrogens is 264 g/mol. The van der Waals surface area contributed by atoms with Gasteiger partial charge in [0, 0.05) is 19.2 Å². The first kappa shape index (κ1) is 14.1. The van der Waals surface area contributed by atoms with Gasteiger partial charge in [0.2, 0.25) is 0 Å². The molecule has 0 saturated heterocycles. The van der Waals surface area contributed by atoms with Gasteiger partial charge in [0.05, 0.1) is 18.8 Å². The van der Waals surface area contributed by atoms with Gasteiger partial charge >= 0.3 is 12.1 Å². The highest BCUT2D eigenvalue weighted by Gasteiger charge is 2.20. The average Bonchev–Trinajstić information content (AvgIpc) is 2.56. The van der Waals surface area contributed by atoms with Crippen molar-refractivity contribution < 1.29 is 24.5 Å². The number of aliphatic carboxylic acids is 1. The molecule has 1 aliphatic rings. The van der Waals surface area contributed by atoms with E-state index >= 15 is 0 Å². The Hall–Kier alpha value is -2.28. The topological polar surface area (TPSA) is 99.1 Å². The molecular formula is C13H16N2O5. The SMILES string of the molecule is CN1C(=O)OCCc2cc(NC[C@@H](O)C(=O)O)ccc21. The summed E-state index contributed by atoms with van der Waals surface area (Å²) < 4.78 is 5.02. The Morgan fingerprint density at radius 1 is 1.55 bits per heavy atom. The summed E-state index contributed by atoms with van der Waals surface area (Å²) in [6.45, 7) is 0.219. The molecule has 0 saturated carbocycles. The summed E-state index contributed by atoms with van der Waals surface area (Å²) in [4.78, 5) is 23.5. The van der Waals surface area contributed by atoms with Crippen LogP contribution in [0.25, 0.3) is 0 Å². The van der Waals surface area contributed by atoms with Crippen molar-refractivity contribution in [3.63, 3.8) is 0 Å². The number of aliphatic hydroxyl groups is 1. The largest absolute Gasteiger partial charge is 0.479 e. The number of rotatable bonds is 4. The van der Waals surface area contributed by atoms with Crippen LogP contribution in [0.15, 0.2) is 18.2 Å². The molecule has 0 unspecified atom stereocenters. The number of fused-ring (bicyclic) bond motifs is 1. The Bertz CT molecular complexity index is 531.